The largest absolute Gasteiger partial charge is 0.465 e. The number of nitrogens with one attached hydrogen (secondary N) is 1. The van der Waals surface area contributed by atoms with Crippen LogP contribution in [0.1, 0.15) is 43.8 Å². The number of aryl methyl sites for hydroxylation is 1. The van der Waals surface area contributed by atoms with Crippen molar-refractivity contribution in [2.24, 2.45) is 0 Å². The topological polar surface area (TPSA) is 107 Å². The van der Waals surface area contributed by atoms with Crippen molar-refractivity contribution in [3.63, 3.8) is 0 Å². The van der Waals surface area contributed by atoms with Gasteiger partial charge < -0.3 is 24.4 Å². The smallest absolute Gasteiger partial charge is 0.340 e. The molecule has 0 radical (unpaired) electrons. The molecule has 0 saturated carbocycles. The molecule has 1 aliphatic heterocycles. The summed E-state index contributed by atoms with van der Waals surface area (Å²) in [6, 6.07) is 8.12. The fraction of sp³-hybridized carbons (Fsp3) is 0.364. The third-order valence-corrected chi connectivity index (χ3v) is 4.85. The van der Waals surface area contributed by atoms with Gasteiger partial charge in [0.2, 0.25) is 0 Å². The highest BCUT2D eigenvalue weighted by Crippen LogP contribution is 2.25. The maximum atomic E-state index is 12.8. The molecule has 1 aliphatic rings. The molecule has 0 spiro atoms. The van der Waals surface area contributed by atoms with Crippen LogP contribution in [0.2, 0.25) is 0 Å². The van der Waals surface area contributed by atoms with Gasteiger partial charge >= 0.3 is 11.9 Å². The Labute approximate surface area is 180 Å². The van der Waals surface area contributed by atoms with Gasteiger partial charge in [0.05, 0.1) is 49.4 Å². The molecule has 1 saturated heterocycles. The first-order chi connectivity index (χ1) is 14.9. The summed E-state index contributed by atoms with van der Waals surface area (Å²) < 4.78 is 15.2. The minimum Gasteiger partial charge on any atom is -0.465 e. The maximum absolute atomic E-state index is 12.8. The van der Waals surface area contributed by atoms with E-state index in [-0.39, 0.29) is 17.9 Å². The second-order valence-corrected chi connectivity index (χ2v) is 6.82. The number of carbonyl (C=O) groups excluding carboxylic acids is 3. The number of anilines is 2. The Hall–Kier alpha value is -3.46. The van der Waals surface area contributed by atoms with Gasteiger partial charge in [0.25, 0.3) is 5.91 Å². The fourth-order valence-electron chi connectivity index (χ4n) is 3.24. The summed E-state index contributed by atoms with van der Waals surface area (Å²) in [7, 11) is 1.29. The maximum Gasteiger partial charge on any atom is 0.340 e. The number of ether oxygens (including phenoxy) is 3. The van der Waals surface area contributed by atoms with E-state index in [0.29, 0.717) is 43.2 Å². The zero-order chi connectivity index (χ0) is 22.4. The van der Waals surface area contributed by atoms with Crippen molar-refractivity contribution in [3.8, 4) is 0 Å². The highest BCUT2D eigenvalue weighted by atomic mass is 16.5. The fourth-order valence-corrected chi connectivity index (χ4v) is 3.24. The van der Waals surface area contributed by atoms with Crippen LogP contribution in [-0.4, -0.2) is 62.8 Å². The molecule has 31 heavy (non-hydrogen) atoms. The summed E-state index contributed by atoms with van der Waals surface area (Å²) >= 11 is 0. The number of amides is 1. The summed E-state index contributed by atoms with van der Waals surface area (Å²) in [5.74, 6) is -1.57. The molecule has 2 aromatic rings. The van der Waals surface area contributed by atoms with Crippen molar-refractivity contribution in [1.29, 1.82) is 0 Å². The number of hydrogen-bond acceptors (Lipinski definition) is 8. The van der Waals surface area contributed by atoms with Crippen molar-refractivity contribution in [1.82, 2.24) is 4.98 Å². The predicted octanol–water partition coefficient (Wildman–Crippen LogP) is 2.44. The standard InChI is InChI=1S/C22H25N3O6/c1-4-31-22(28)16-6-8-19(23-14(16)2)20(26)24-18-7-5-15(13-17(18)21(27)29-3)25-9-11-30-12-10-25/h5-8,13H,4,9-12H2,1-3H3,(H,24,26). The molecule has 0 atom stereocenters. The van der Waals surface area contributed by atoms with Crippen LogP contribution in [0.5, 0.6) is 0 Å². The van der Waals surface area contributed by atoms with Crippen LogP contribution in [0.4, 0.5) is 11.4 Å². The Morgan fingerprint density at radius 3 is 2.48 bits per heavy atom. The molecule has 2 heterocycles. The summed E-state index contributed by atoms with van der Waals surface area (Å²) in [6.07, 6.45) is 0. The van der Waals surface area contributed by atoms with Crippen LogP contribution in [0.15, 0.2) is 30.3 Å². The van der Waals surface area contributed by atoms with Gasteiger partial charge in [0, 0.05) is 18.8 Å². The first-order valence-corrected chi connectivity index (χ1v) is 9.95. The third kappa shape index (κ3) is 5.18. The number of carbonyl (C=O) groups is 3. The molecule has 1 N–H and O–H groups in total. The van der Waals surface area contributed by atoms with Crippen molar-refractivity contribution in [3.05, 3.63) is 52.8 Å². The Morgan fingerprint density at radius 1 is 1.10 bits per heavy atom. The summed E-state index contributed by atoms with van der Waals surface area (Å²) in [4.78, 5) is 43.3. The minimum atomic E-state index is -0.563. The number of rotatable bonds is 6. The van der Waals surface area contributed by atoms with E-state index in [4.69, 9.17) is 14.2 Å². The van der Waals surface area contributed by atoms with Gasteiger partial charge in [0.15, 0.2) is 0 Å². The molecule has 164 valence electrons. The minimum absolute atomic E-state index is 0.110. The number of pyridine rings is 1. The molecule has 1 aromatic carbocycles. The zero-order valence-electron chi connectivity index (χ0n) is 17.8. The van der Waals surface area contributed by atoms with E-state index in [1.165, 1.54) is 19.2 Å². The molecular formula is C22H25N3O6. The third-order valence-electron chi connectivity index (χ3n) is 4.85. The average Bonchev–Trinajstić information content (AvgIpc) is 2.79. The lowest BCUT2D eigenvalue weighted by atomic mass is 10.1. The molecule has 9 heteroatoms. The number of nitrogens with zero attached hydrogens (tertiary/aromatic N) is 2. The lowest BCUT2D eigenvalue weighted by molar-refractivity contribution is 0.0523. The van der Waals surface area contributed by atoms with Gasteiger partial charge in [-0.3, -0.25) is 4.79 Å². The molecule has 1 aromatic heterocycles. The van der Waals surface area contributed by atoms with Gasteiger partial charge in [-0.2, -0.15) is 0 Å². The Kier molecular flexibility index (Phi) is 7.19. The first-order valence-electron chi connectivity index (χ1n) is 9.95. The highest BCUT2D eigenvalue weighted by molar-refractivity contribution is 6.07. The van der Waals surface area contributed by atoms with E-state index < -0.39 is 17.8 Å². The van der Waals surface area contributed by atoms with E-state index in [0.717, 1.165) is 5.69 Å². The lowest BCUT2D eigenvalue weighted by Gasteiger charge is -2.29. The predicted molar refractivity (Wildman–Crippen MR) is 114 cm³/mol. The number of methoxy groups -OCH3 is 1. The summed E-state index contributed by atoms with van der Waals surface area (Å²) in [6.45, 7) is 6.23. The number of benzene rings is 1. The quantitative estimate of drug-likeness (QED) is 0.701. The second kappa shape index (κ2) is 10.0. The van der Waals surface area contributed by atoms with E-state index in [1.807, 2.05) is 6.07 Å². The second-order valence-electron chi connectivity index (χ2n) is 6.82. The van der Waals surface area contributed by atoms with Crippen molar-refractivity contribution >= 4 is 29.2 Å². The van der Waals surface area contributed by atoms with Gasteiger partial charge in [-0.1, -0.05) is 0 Å². The molecule has 3 rings (SSSR count). The van der Waals surface area contributed by atoms with Crippen molar-refractivity contribution in [2.75, 3.05) is 50.2 Å². The molecule has 1 amide bonds. The summed E-state index contributed by atoms with van der Waals surface area (Å²) in [5, 5.41) is 2.71. The van der Waals surface area contributed by atoms with Crippen molar-refractivity contribution < 1.29 is 28.6 Å². The lowest BCUT2D eigenvalue weighted by Crippen LogP contribution is -2.36. The van der Waals surface area contributed by atoms with Crippen LogP contribution in [0.25, 0.3) is 0 Å². The van der Waals surface area contributed by atoms with Crippen LogP contribution >= 0.6 is 0 Å². The highest BCUT2D eigenvalue weighted by Gasteiger charge is 2.20. The number of aromatic nitrogens is 1. The first kappa shape index (κ1) is 22.2. The van der Waals surface area contributed by atoms with E-state index in [9.17, 15) is 14.4 Å². The van der Waals surface area contributed by atoms with Gasteiger partial charge in [0.1, 0.15) is 5.69 Å². The molecular weight excluding hydrogens is 402 g/mol. The van der Waals surface area contributed by atoms with Crippen LogP contribution in [0.3, 0.4) is 0 Å². The monoisotopic (exact) mass is 427 g/mol. The molecule has 0 bridgehead atoms. The molecule has 0 unspecified atom stereocenters. The zero-order valence-corrected chi connectivity index (χ0v) is 17.8. The average molecular weight is 427 g/mol. The SMILES string of the molecule is CCOC(=O)c1ccc(C(=O)Nc2ccc(N3CCOCC3)cc2C(=O)OC)nc1C. The Bertz CT molecular complexity index is 985. The Morgan fingerprint density at radius 2 is 1.84 bits per heavy atom. The summed E-state index contributed by atoms with van der Waals surface area (Å²) in [5.41, 5.74) is 2.17. The molecule has 1 fully saturated rings. The molecule has 9 nitrogen and oxygen atoms in total. The normalized spacial score (nSPS) is 13.5. The van der Waals surface area contributed by atoms with E-state index in [1.54, 1.807) is 26.0 Å². The number of hydrogen-bond donors (Lipinski definition) is 1. The van der Waals surface area contributed by atoms with Gasteiger partial charge in [-0.05, 0) is 44.2 Å². The number of esters is 2. The van der Waals surface area contributed by atoms with E-state index in [2.05, 4.69) is 15.2 Å². The van der Waals surface area contributed by atoms with Crippen molar-refractivity contribution in [2.45, 2.75) is 13.8 Å². The molecule has 0 aliphatic carbocycles. The van der Waals surface area contributed by atoms with E-state index >= 15 is 0 Å². The van der Waals surface area contributed by atoms with Gasteiger partial charge in [-0.25, -0.2) is 14.6 Å². The van der Waals surface area contributed by atoms with Crippen LogP contribution in [-0.2, 0) is 14.2 Å². The van der Waals surface area contributed by atoms with Gasteiger partial charge in [-0.15, -0.1) is 0 Å². The number of morpholine rings is 1. The van der Waals surface area contributed by atoms with Crippen LogP contribution < -0.4 is 10.2 Å². The van der Waals surface area contributed by atoms with Crippen LogP contribution in [0, 0.1) is 6.92 Å². The Balaban J connectivity index is 1.83.